The van der Waals surface area contributed by atoms with Gasteiger partial charge in [-0.3, -0.25) is 4.79 Å². The molecule has 1 aliphatic heterocycles. The summed E-state index contributed by atoms with van der Waals surface area (Å²) >= 11 is 5.88. The Balaban J connectivity index is 1.74. The lowest BCUT2D eigenvalue weighted by molar-refractivity contribution is 0.0705. The number of likely N-dealkylation sites (N-methyl/N-ethyl adjacent to an activating group) is 2. The molecule has 0 spiro atoms. The van der Waals surface area contributed by atoms with Gasteiger partial charge in [-0.05, 0) is 37.3 Å². The molecule has 1 amide bonds. The number of benzene rings is 2. The first-order valence-electron chi connectivity index (χ1n) is 8.20. The molecule has 0 aromatic heterocycles. The fourth-order valence-electron chi connectivity index (χ4n) is 3.03. The number of hydrogen-bond acceptors (Lipinski definition) is 3. The lowest BCUT2D eigenvalue weighted by atomic mass is 10.1. The van der Waals surface area contributed by atoms with Gasteiger partial charge in [0, 0.05) is 18.6 Å². The molecule has 1 aliphatic rings. The quantitative estimate of drug-likeness (QED) is 0.828. The minimum atomic E-state index is -0.577. The third kappa shape index (κ3) is 3.71. The van der Waals surface area contributed by atoms with Crippen LogP contribution in [0.2, 0.25) is 5.02 Å². The van der Waals surface area contributed by atoms with Gasteiger partial charge in [0.2, 0.25) is 0 Å². The number of carbonyl (C=O) groups excluding carboxylic acids is 1. The molecule has 0 fully saturated rings. The summed E-state index contributed by atoms with van der Waals surface area (Å²) in [5.41, 5.74) is 1.02. The minimum Gasteiger partial charge on any atom is -0.485 e. The van der Waals surface area contributed by atoms with Crippen LogP contribution in [-0.4, -0.2) is 43.6 Å². The van der Waals surface area contributed by atoms with Crippen molar-refractivity contribution in [3.8, 4) is 5.75 Å². The standard InChI is InChI=1S/C19H20ClFN2O2/c1-3-23-12-14(25-18-7-5-4-6-17(18)23)11-22(2)19(24)15-10-13(20)8-9-16(15)21/h4-10,14H,3,11-12H2,1-2H3. The number of rotatable bonds is 4. The third-order valence-corrected chi connectivity index (χ3v) is 4.52. The Morgan fingerprint density at radius 3 is 2.88 bits per heavy atom. The molecule has 3 rings (SSSR count). The van der Waals surface area contributed by atoms with Gasteiger partial charge in [0.15, 0.2) is 0 Å². The average molecular weight is 363 g/mol. The summed E-state index contributed by atoms with van der Waals surface area (Å²) in [4.78, 5) is 16.2. The summed E-state index contributed by atoms with van der Waals surface area (Å²) in [5, 5.41) is 0.332. The van der Waals surface area contributed by atoms with Crippen molar-refractivity contribution in [2.45, 2.75) is 13.0 Å². The van der Waals surface area contributed by atoms with Crippen LogP contribution in [0.3, 0.4) is 0 Å². The number of nitrogens with zero attached hydrogens (tertiary/aromatic N) is 2. The van der Waals surface area contributed by atoms with Gasteiger partial charge in [-0.15, -0.1) is 0 Å². The van der Waals surface area contributed by atoms with Gasteiger partial charge >= 0.3 is 0 Å². The van der Waals surface area contributed by atoms with Crippen LogP contribution in [0.15, 0.2) is 42.5 Å². The fourth-order valence-corrected chi connectivity index (χ4v) is 3.20. The zero-order valence-electron chi connectivity index (χ0n) is 14.2. The highest BCUT2D eigenvalue weighted by Gasteiger charge is 2.27. The molecular weight excluding hydrogens is 343 g/mol. The number of halogens is 2. The fraction of sp³-hybridized carbons (Fsp3) is 0.316. The Hall–Kier alpha value is -2.27. The molecule has 0 bridgehead atoms. The normalized spacial score (nSPS) is 16.2. The number of carbonyl (C=O) groups is 1. The molecule has 1 atom stereocenters. The zero-order valence-corrected chi connectivity index (χ0v) is 15.0. The summed E-state index contributed by atoms with van der Waals surface area (Å²) < 4.78 is 19.9. The third-order valence-electron chi connectivity index (χ3n) is 4.29. The summed E-state index contributed by atoms with van der Waals surface area (Å²) in [7, 11) is 1.64. The molecule has 25 heavy (non-hydrogen) atoms. The van der Waals surface area contributed by atoms with E-state index < -0.39 is 11.7 Å². The first-order chi connectivity index (χ1) is 12.0. The van der Waals surface area contributed by atoms with Crippen molar-refractivity contribution in [3.63, 3.8) is 0 Å². The molecule has 0 saturated carbocycles. The Bertz CT molecular complexity index is 784. The number of amides is 1. The van der Waals surface area contributed by atoms with E-state index >= 15 is 0 Å². The van der Waals surface area contributed by atoms with Crippen LogP contribution < -0.4 is 9.64 Å². The number of hydrogen-bond donors (Lipinski definition) is 0. The van der Waals surface area contributed by atoms with Crippen LogP contribution in [0, 0.1) is 5.82 Å². The maximum Gasteiger partial charge on any atom is 0.256 e. The Morgan fingerprint density at radius 1 is 1.36 bits per heavy atom. The Labute approximate surface area is 151 Å². The second-order valence-electron chi connectivity index (χ2n) is 6.06. The van der Waals surface area contributed by atoms with Crippen molar-refractivity contribution in [3.05, 3.63) is 58.9 Å². The second kappa shape index (κ2) is 7.31. The van der Waals surface area contributed by atoms with E-state index in [9.17, 15) is 9.18 Å². The monoisotopic (exact) mass is 362 g/mol. The Morgan fingerprint density at radius 2 is 2.12 bits per heavy atom. The molecule has 1 unspecified atom stereocenters. The van der Waals surface area contributed by atoms with E-state index in [0.717, 1.165) is 18.0 Å². The second-order valence-corrected chi connectivity index (χ2v) is 6.49. The highest BCUT2D eigenvalue weighted by atomic mass is 35.5. The molecule has 2 aromatic rings. The predicted octanol–water partition coefficient (Wildman–Crippen LogP) is 3.84. The first kappa shape index (κ1) is 17.5. The van der Waals surface area contributed by atoms with Gasteiger partial charge in [0.05, 0.1) is 24.3 Å². The number of anilines is 1. The maximum absolute atomic E-state index is 13.9. The van der Waals surface area contributed by atoms with Gasteiger partial charge in [-0.1, -0.05) is 23.7 Å². The lowest BCUT2D eigenvalue weighted by Gasteiger charge is -2.37. The molecular formula is C19H20ClFN2O2. The maximum atomic E-state index is 13.9. The van der Waals surface area contributed by atoms with E-state index in [1.165, 1.54) is 23.1 Å². The van der Waals surface area contributed by atoms with Crippen molar-refractivity contribution >= 4 is 23.2 Å². The topological polar surface area (TPSA) is 32.8 Å². The van der Waals surface area contributed by atoms with Gasteiger partial charge in [0.1, 0.15) is 17.7 Å². The highest BCUT2D eigenvalue weighted by molar-refractivity contribution is 6.31. The van der Waals surface area contributed by atoms with Crippen LogP contribution >= 0.6 is 11.6 Å². The molecule has 0 N–H and O–H groups in total. The van der Waals surface area contributed by atoms with Gasteiger partial charge < -0.3 is 14.5 Å². The van der Waals surface area contributed by atoms with E-state index in [1.807, 2.05) is 24.3 Å². The van der Waals surface area contributed by atoms with Crippen molar-refractivity contribution in [2.75, 3.05) is 31.6 Å². The zero-order chi connectivity index (χ0) is 18.0. The van der Waals surface area contributed by atoms with Crippen molar-refractivity contribution in [2.24, 2.45) is 0 Å². The predicted molar refractivity (Wildman–Crippen MR) is 97.1 cm³/mol. The van der Waals surface area contributed by atoms with Crippen LogP contribution in [0.1, 0.15) is 17.3 Å². The first-order valence-corrected chi connectivity index (χ1v) is 8.58. The molecule has 0 radical (unpaired) electrons. The number of para-hydroxylation sites is 2. The molecule has 1 heterocycles. The summed E-state index contributed by atoms with van der Waals surface area (Å²) in [5.74, 6) is -0.188. The van der Waals surface area contributed by atoms with E-state index in [2.05, 4.69) is 11.8 Å². The molecule has 0 saturated heterocycles. The van der Waals surface area contributed by atoms with Crippen molar-refractivity contribution < 1.29 is 13.9 Å². The van der Waals surface area contributed by atoms with Crippen LogP contribution in [0.5, 0.6) is 5.75 Å². The van der Waals surface area contributed by atoms with E-state index in [-0.39, 0.29) is 11.7 Å². The van der Waals surface area contributed by atoms with E-state index in [0.29, 0.717) is 18.1 Å². The number of ether oxygens (including phenoxy) is 1. The largest absolute Gasteiger partial charge is 0.485 e. The smallest absolute Gasteiger partial charge is 0.256 e. The van der Waals surface area contributed by atoms with Gasteiger partial charge in [-0.25, -0.2) is 4.39 Å². The average Bonchev–Trinajstić information content (AvgIpc) is 2.62. The molecule has 132 valence electrons. The van der Waals surface area contributed by atoms with Crippen LogP contribution in [-0.2, 0) is 0 Å². The van der Waals surface area contributed by atoms with Gasteiger partial charge in [0.25, 0.3) is 5.91 Å². The van der Waals surface area contributed by atoms with E-state index in [1.54, 1.807) is 7.05 Å². The molecule has 4 nitrogen and oxygen atoms in total. The SMILES string of the molecule is CCN1CC(CN(C)C(=O)c2cc(Cl)ccc2F)Oc2ccccc21. The molecule has 0 aliphatic carbocycles. The lowest BCUT2D eigenvalue weighted by Crippen LogP contribution is -2.46. The highest BCUT2D eigenvalue weighted by Crippen LogP contribution is 2.33. The molecule has 6 heteroatoms. The van der Waals surface area contributed by atoms with Crippen LogP contribution in [0.25, 0.3) is 0 Å². The number of fused-ring (bicyclic) bond motifs is 1. The van der Waals surface area contributed by atoms with Crippen molar-refractivity contribution in [1.29, 1.82) is 0 Å². The van der Waals surface area contributed by atoms with Crippen LogP contribution in [0.4, 0.5) is 10.1 Å². The summed E-state index contributed by atoms with van der Waals surface area (Å²) in [6.45, 7) is 3.95. The van der Waals surface area contributed by atoms with Crippen molar-refractivity contribution in [1.82, 2.24) is 4.90 Å². The summed E-state index contributed by atoms with van der Waals surface area (Å²) in [6.07, 6.45) is -0.189. The minimum absolute atomic E-state index is 0.0291. The Kier molecular flexibility index (Phi) is 5.13. The molecule has 2 aromatic carbocycles. The summed E-state index contributed by atoms with van der Waals surface area (Å²) in [6, 6.07) is 11.8. The van der Waals surface area contributed by atoms with E-state index in [4.69, 9.17) is 16.3 Å². The van der Waals surface area contributed by atoms with Gasteiger partial charge in [-0.2, -0.15) is 0 Å².